The molecule has 2 N–H and O–H groups in total. The highest BCUT2D eigenvalue weighted by Crippen LogP contribution is 2.35. The number of nitrogens with zero attached hydrogens (tertiary/aromatic N) is 4. The number of aromatic amines is 1. The summed E-state index contributed by atoms with van der Waals surface area (Å²) in [6.45, 7) is 9.15. The Bertz CT molecular complexity index is 1300. The summed E-state index contributed by atoms with van der Waals surface area (Å²) >= 11 is 12.6. The highest BCUT2D eigenvalue weighted by atomic mass is 35.5. The van der Waals surface area contributed by atoms with Gasteiger partial charge in [0.2, 0.25) is 0 Å². The van der Waals surface area contributed by atoms with Gasteiger partial charge in [0.25, 0.3) is 0 Å². The van der Waals surface area contributed by atoms with Crippen LogP contribution in [0.25, 0.3) is 22.2 Å². The maximum atomic E-state index is 6.30. The minimum absolute atomic E-state index is 0.158. The minimum atomic E-state index is -0.346. The van der Waals surface area contributed by atoms with Crippen LogP contribution in [0.1, 0.15) is 32.4 Å². The van der Waals surface area contributed by atoms with Gasteiger partial charge < -0.3 is 15.0 Å². The van der Waals surface area contributed by atoms with E-state index < -0.39 is 0 Å². The Morgan fingerprint density at radius 2 is 1.91 bits per heavy atom. The first-order valence-electron chi connectivity index (χ1n) is 11.3. The molecule has 9 heteroatoms. The zero-order chi connectivity index (χ0) is 23.9. The van der Waals surface area contributed by atoms with Crippen LogP contribution in [0, 0.1) is 0 Å². The second-order valence-corrected chi connectivity index (χ2v) is 9.72. The number of likely N-dealkylation sites (N-methyl/N-ethyl adjacent to an activating group) is 1. The van der Waals surface area contributed by atoms with Gasteiger partial charge in [-0.05, 0) is 50.7 Å². The number of H-pyrrole nitrogens is 1. The van der Waals surface area contributed by atoms with Gasteiger partial charge in [0.05, 0.1) is 21.1 Å². The number of hydrogen-bond acceptors (Lipinski definition) is 6. The number of nitrogens with one attached hydrogen (secondary N) is 2. The number of rotatable bonds is 7. The molecule has 7 nitrogen and oxygen atoms in total. The highest BCUT2D eigenvalue weighted by molar-refractivity contribution is 6.35. The Labute approximate surface area is 208 Å². The van der Waals surface area contributed by atoms with Crippen LogP contribution in [0.2, 0.25) is 10.0 Å². The Morgan fingerprint density at radius 3 is 2.59 bits per heavy atom. The monoisotopic (exact) mass is 496 g/mol. The standard InChI is InChI=1S/C25H26Cl2N6O/c1-4-30-25(3)13-33(14-25)22-8-5-16(10-29-22)24-18-9-17(6-7-21(18)31-32-24)34-15(2)23-19(26)11-28-12-20(23)27/h5-12,15,30H,4,13-14H2,1-3H3,(H,31,32)/t15-/m1/s1. The molecule has 34 heavy (non-hydrogen) atoms. The number of ether oxygens (including phenoxy) is 1. The zero-order valence-corrected chi connectivity index (χ0v) is 20.8. The molecule has 3 aromatic heterocycles. The summed E-state index contributed by atoms with van der Waals surface area (Å²) < 4.78 is 6.18. The lowest BCUT2D eigenvalue weighted by molar-refractivity contribution is 0.227. The van der Waals surface area contributed by atoms with Gasteiger partial charge in [-0.25, -0.2) is 4.98 Å². The second kappa shape index (κ2) is 9.06. The number of fused-ring (bicyclic) bond motifs is 1. The Hall–Kier alpha value is -2.87. The van der Waals surface area contributed by atoms with E-state index in [1.807, 2.05) is 31.3 Å². The van der Waals surface area contributed by atoms with Gasteiger partial charge in [0.1, 0.15) is 23.4 Å². The van der Waals surface area contributed by atoms with E-state index in [0.29, 0.717) is 21.4 Å². The number of hydrogen-bond donors (Lipinski definition) is 2. The third-order valence-corrected chi connectivity index (χ3v) is 6.77. The lowest BCUT2D eigenvalue weighted by Gasteiger charge is -2.49. The predicted octanol–water partition coefficient (Wildman–Crippen LogP) is 5.65. The molecule has 1 atom stereocenters. The minimum Gasteiger partial charge on any atom is -0.486 e. The van der Waals surface area contributed by atoms with E-state index in [4.69, 9.17) is 32.9 Å². The van der Waals surface area contributed by atoms with E-state index in [-0.39, 0.29) is 11.6 Å². The van der Waals surface area contributed by atoms with E-state index in [1.165, 1.54) is 0 Å². The predicted molar refractivity (Wildman–Crippen MR) is 137 cm³/mol. The average Bonchev–Trinajstić information content (AvgIpc) is 3.21. The van der Waals surface area contributed by atoms with Crippen molar-refractivity contribution in [3.8, 4) is 17.0 Å². The summed E-state index contributed by atoms with van der Waals surface area (Å²) in [6, 6.07) is 9.94. The fourth-order valence-corrected chi connectivity index (χ4v) is 5.24. The van der Waals surface area contributed by atoms with Crippen LogP contribution in [-0.2, 0) is 0 Å². The summed E-state index contributed by atoms with van der Waals surface area (Å²) in [5.74, 6) is 1.67. The van der Waals surface area contributed by atoms with Crippen molar-refractivity contribution >= 4 is 39.9 Å². The molecule has 4 aromatic rings. The number of aromatic nitrogens is 4. The number of pyridine rings is 2. The van der Waals surface area contributed by atoms with Crippen molar-refractivity contribution in [2.45, 2.75) is 32.4 Å². The van der Waals surface area contributed by atoms with Gasteiger partial charge in [0, 0.05) is 48.2 Å². The van der Waals surface area contributed by atoms with Gasteiger partial charge in [-0.3, -0.25) is 10.1 Å². The molecule has 1 aliphatic rings. The van der Waals surface area contributed by atoms with Crippen LogP contribution in [0.15, 0.2) is 48.9 Å². The summed E-state index contributed by atoms with van der Waals surface area (Å²) in [5.41, 5.74) is 3.56. The second-order valence-electron chi connectivity index (χ2n) is 8.91. The van der Waals surface area contributed by atoms with Crippen molar-refractivity contribution in [1.29, 1.82) is 0 Å². The molecule has 0 spiro atoms. The van der Waals surface area contributed by atoms with Crippen molar-refractivity contribution in [3.05, 3.63) is 64.5 Å². The van der Waals surface area contributed by atoms with Crippen LogP contribution < -0.4 is 15.0 Å². The SMILES string of the molecule is CCNC1(C)CN(c2ccc(-c3n[nH]c4ccc(O[C@H](C)c5c(Cl)cncc5Cl)cc34)cn2)C1. The van der Waals surface area contributed by atoms with E-state index >= 15 is 0 Å². The molecule has 0 saturated carbocycles. The molecule has 1 saturated heterocycles. The van der Waals surface area contributed by atoms with Crippen molar-refractivity contribution in [2.75, 3.05) is 24.5 Å². The Balaban J connectivity index is 1.36. The van der Waals surface area contributed by atoms with Gasteiger partial charge in [0.15, 0.2) is 0 Å². The van der Waals surface area contributed by atoms with Crippen molar-refractivity contribution in [2.24, 2.45) is 0 Å². The Morgan fingerprint density at radius 1 is 1.15 bits per heavy atom. The summed E-state index contributed by atoms with van der Waals surface area (Å²) in [6.07, 6.45) is 4.66. The Kier molecular flexibility index (Phi) is 6.10. The number of anilines is 1. The normalized spacial score (nSPS) is 15.9. The molecule has 5 rings (SSSR count). The summed E-state index contributed by atoms with van der Waals surface area (Å²) in [4.78, 5) is 11.0. The quantitative estimate of drug-likeness (QED) is 0.343. The summed E-state index contributed by atoms with van der Waals surface area (Å²) in [5, 5.41) is 13.1. The lowest BCUT2D eigenvalue weighted by Crippen LogP contribution is -2.67. The summed E-state index contributed by atoms with van der Waals surface area (Å²) in [7, 11) is 0. The molecule has 0 aliphatic carbocycles. The van der Waals surface area contributed by atoms with E-state index in [0.717, 1.165) is 47.6 Å². The zero-order valence-electron chi connectivity index (χ0n) is 19.3. The highest BCUT2D eigenvalue weighted by Gasteiger charge is 2.38. The van der Waals surface area contributed by atoms with Crippen molar-refractivity contribution in [1.82, 2.24) is 25.5 Å². The third-order valence-electron chi connectivity index (χ3n) is 6.17. The molecule has 0 bridgehead atoms. The topological polar surface area (TPSA) is 79.0 Å². The molecule has 4 heterocycles. The average molecular weight is 497 g/mol. The fourth-order valence-electron chi connectivity index (χ4n) is 4.57. The van der Waals surface area contributed by atoms with Gasteiger partial charge >= 0.3 is 0 Å². The molecule has 1 fully saturated rings. The molecule has 0 unspecified atom stereocenters. The number of benzene rings is 1. The van der Waals surface area contributed by atoms with Crippen molar-refractivity contribution < 1.29 is 4.74 Å². The first-order valence-corrected chi connectivity index (χ1v) is 12.0. The van der Waals surface area contributed by atoms with Crippen LogP contribution >= 0.6 is 23.2 Å². The van der Waals surface area contributed by atoms with E-state index in [9.17, 15) is 0 Å². The molecule has 0 radical (unpaired) electrons. The largest absolute Gasteiger partial charge is 0.486 e. The van der Waals surface area contributed by atoms with Crippen LogP contribution in [-0.4, -0.2) is 45.3 Å². The van der Waals surface area contributed by atoms with Gasteiger partial charge in [-0.1, -0.05) is 30.1 Å². The van der Waals surface area contributed by atoms with Crippen LogP contribution in [0.3, 0.4) is 0 Å². The van der Waals surface area contributed by atoms with Crippen LogP contribution in [0.4, 0.5) is 5.82 Å². The molecule has 1 aromatic carbocycles. The van der Waals surface area contributed by atoms with Gasteiger partial charge in [-0.2, -0.15) is 5.10 Å². The maximum absolute atomic E-state index is 6.30. The van der Waals surface area contributed by atoms with Gasteiger partial charge in [-0.15, -0.1) is 0 Å². The molecule has 0 amide bonds. The smallest absolute Gasteiger partial charge is 0.128 e. The molecular weight excluding hydrogens is 471 g/mol. The maximum Gasteiger partial charge on any atom is 0.128 e. The van der Waals surface area contributed by atoms with Crippen molar-refractivity contribution in [3.63, 3.8) is 0 Å². The molecule has 176 valence electrons. The first-order chi connectivity index (χ1) is 16.4. The third kappa shape index (κ3) is 4.31. The van der Waals surface area contributed by atoms with Crippen LogP contribution in [0.5, 0.6) is 5.75 Å². The lowest BCUT2D eigenvalue weighted by atomic mass is 9.92. The first kappa shape index (κ1) is 22.9. The number of halogens is 2. The van der Waals surface area contributed by atoms with E-state index in [1.54, 1.807) is 12.4 Å². The fraction of sp³-hybridized carbons (Fsp3) is 0.320. The molecule has 1 aliphatic heterocycles. The van der Waals surface area contributed by atoms with E-state index in [2.05, 4.69) is 51.4 Å². The molecular formula is C25H26Cl2N6O.